The molecular weight excluding hydrogens is 249 g/mol. The lowest BCUT2D eigenvalue weighted by atomic mass is 9.96. The minimum absolute atomic E-state index is 0.487. The van der Waals surface area contributed by atoms with Crippen LogP contribution < -0.4 is 10.6 Å². The molecule has 0 bridgehead atoms. The molecule has 1 saturated heterocycles. The van der Waals surface area contributed by atoms with Gasteiger partial charge in [0.15, 0.2) is 0 Å². The fraction of sp³-hybridized carbons (Fsp3) is 0.909. The van der Waals surface area contributed by atoms with Crippen molar-refractivity contribution >= 4 is 5.91 Å². The summed E-state index contributed by atoms with van der Waals surface area (Å²) in [4.78, 5) is 11.2. The number of nitrogens with one attached hydrogen (secondary N) is 2. The van der Waals surface area contributed by atoms with E-state index < -0.39 is 25.3 Å². The van der Waals surface area contributed by atoms with Crippen molar-refractivity contribution in [3.8, 4) is 0 Å². The summed E-state index contributed by atoms with van der Waals surface area (Å²) in [5.41, 5.74) is 0. The summed E-state index contributed by atoms with van der Waals surface area (Å²) in [5, 5.41) is 5.82. The molecule has 2 N–H and O–H groups in total. The van der Waals surface area contributed by atoms with Gasteiger partial charge in [-0.2, -0.15) is 13.2 Å². The Morgan fingerprint density at radius 2 is 2.22 bits per heavy atom. The number of hydrogen-bond donors (Lipinski definition) is 2. The Bertz CT molecular complexity index is 253. The Labute approximate surface area is 104 Å². The highest BCUT2D eigenvalue weighted by Crippen LogP contribution is 2.14. The van der Waals surface area contributed by atoms with Gasteiger partial charge >= 0.3 is 6.18 Å². The quantitative estimate of drug-likeness (QED) is 0.757. The number of halogens is 3. The summed E-state index contributed by atoms with van der Waals surface area (Å²) in [6.07, 6.45) is -1.27. The van der Waals surface area contributed by atoms with Gasteiger partial charge in [0.2, 0.25) is 5.91 Å². The van der Waals surface area contributed by atoms with Gasteiger partial charge in [0, 0.05) is 6.54 Å². The summed E-state index contributed by atoms with van der Waals surface area (Å²) in [6.45, 7) is 0.546. The van der Waals surface area contributed by atoms with E-state index in [1.165, 1.54) is 0 Å². The minimum atomic E-state index is -4.38. The van der Waals surface area contributed by atoms with E-state index in [0.29, 0.717) is 12.5 Å². The average Bonchev–Trinajstić information content (AvgIpc) is 2.28. The van der Waals surface area contributed by atoms with E-state index in [9.17, 15) is 18.0 Å². The molecule has 106 valence electrons. The molecule has 7 heteroatoms. The molecule has 18 heavy (non-hydrogen) atoms. The maximum atomic E-state index is 11.7. The molecule has 1 amide bonds. The molecule has 1 rings (SSSR count). The zero-order valence-electron chi connectivity index (χ0n) is 10.2. The predicted molar refractivity (Wildman–Crippen MR) is 60.1 cm³/mol. The zero-order chi connectivity index (χ0) is 13.4. The van der Waals surface area contributed by atoms with Crippen LogP contribution in [-0.4, -0.2) is 44.9 Å². The van der Waals surface area contributed by atoms with E-state index in [4.69, 9.17) is 0 Å². The van der Waals surface area contributed by atoms with Crippen molar-refractivity contribution in [3.05, 3.63) is 0 Å². The van der Waals surface area contributed by atoms with Crippen LogP contribution in [0.2, 0.25) is 0 Å². The number of piperidine rings is 1. The molecule has 0 spiro atoms. The zero-order valence-corrected chi connectivity index (χ0v) is 10.2. The van der Waals surface area contributed by atoms with Crippen LogP contribution in [0.25, 0.3) is 0 Å². The Morgan fingerprint density at radius 3 is 2.83 bits per heavy atom. The lowest BCUT2D eigenvalue weighted by Crippen LogP contribution is -2.34. The van der Waals surface area contributed by atoms with E-state index >= 15 is 0 Å². The lowest BCUT2D eigenvalue weighted by Gasteiger charge is -2.22. The average molecular weight is 268 g/mol. The molecule has 4 nitrogen and oxygen atoms in total. The van der Waals surface area contributed by atoms with Crippen molar-refractivity contribution in [2.75, 3.05) is 32.8 Å². The number of rotatable bonds is 6. The standard InChI is InChI=1S/C11H19F3N2O2/c12-11(13,14)8-18-7-10(17)16-5-3-9-2-1-4-15-6-9/h9,15H,1-8H2,(H,16,17). The Kier molecular flexibility index (Phi) is 6.42. The number of amides is 1. The smallest absolute Gasteiger partial charge is 0.362 e. The third-order valence-corrected chi connectivity index (χ3v) is 2.77. The predicted octanol–water partition coefficient (Wildman–Crippen LogP) is 1.07. The van der Waals surface area contributed by atoms with Gasteiger partial charge in [0.25, 0.3) is 0 Å². The number of alkyl halides is 3. The van der Waals surface area contributed by atoms with Gasteiger partial charge in [-0.15, -0.1) is 0 Å². The van der Waals surface area contributed by atoms with Crippen molar-refractivity contribution in [2.45, 2.75) is 25.4 Å². The second kappa shape index (κ2) is 7.58. The molecule has 1 aliphatic rings. The second-order valence-corrected chi connectivity index (χ2v) is 4.46. The lowest BCUT2D eigenvalue weighted by molar-refractivity contribution is -0.175. The fourth-order valence-electron chi connectivity index (χ4n) is 1.90. The fourth-order valence-corrected chi connectivity index (χ4v) is 1.90. The highest BCUT2D eigenvalue weighted by molar-refractivity contribution is 5.77. The molecule has 0 aromatic carbocycles. The molecule has 0 aliphatic carbocycles. The van der Waals surface area contributed by atoms with Crippen LogP contribution in [0.1, 0.15) is 19.3 Å². The van der Waals surface area contributed by atoms with E-state index in [2.05, 4.69) is 15.4 Å². The van der Waals surface area contributed by atoms with E-state index in [0.717, 1.165) is 32.4 Å². The van der Waals surface area contributed by atoms with Crippen molar-refractivity contribution in [2.24, 2.45) is 5.92 Å². The molecule has 0 saturated carbocycles. The molecular formula is C11H19F3N2O2. The molecule has 0 radical (unpaired) electrons. The number of carbonyl (C=O) groups excluding carboxylic acids is 1. The van der Waals surface area contributed by atoms with E-state index in [1.807, 2.05) is 0 Å². The van der Waals surface area contributed by atoms with Crippen LogP contribution in [0.5, 0.6) is 0 Å². The van der Waals surface area contributed by atoms with Crippen LogP contribution in [0.4, 0.5) is 13.2 Å². The first-order valence-corrected chi connectivity index (χ1v) is 6.09. The molecule has 1 atom stereocenters. The molecule has 1 unspecified atom stereocenters. The van der Waals surface area contributed by atoms with Crippen LogP contribution in [-0.2, 0) is 9.53 Å². The van der Waals surface area contributed by atoms with Crippen molar-refractivity contribution in [3.63, 3.8) is 0 Å². The van der Waals surface area contributed by atoms with Gasteiger partial charge in [0.1, 0.15) is 13.2 Å². The van der Waals surface area contributed by atoms with Gasteiger partial charge in [-0.3, -0.25) is 4.79 Å². The summed E-state index contributed by atoms with van der Waals surface area (Å²) in [5.74, 6) is 0.0400. The first kappa shape index (κ1) is 15.2. The summed E-state index contributed by atoms with van der Waals surface area (Å²) in [6, 6.07) is 0. The van der Waals surface area contributed by atoms with Gasteiger partial charge in [-0.1, -0.05) is 0 Å². The number of ether oxygens (including phenoxy) is 1. The highest BCUT2D eigenvalue weighted by atomic mass is 19.4. The van der Waals surface area contributed by atoms with Crippen LogP contribution in [0.15, 0.2) is 0 Å². The van der Waals surface area contributed by atoms with Crippen LogP contribution in [0, 0.1) is 5.92 Å². The first-order chi connectivity index (χ1) is 8.47. The third-order valence-electron chi connectivity index (χ3n) is 2.77. The first-order valence-electron chi connectivity index (χ1n) is 6.09. The van der Waals surface area contributed by atoms with Crippen molar-refractivity contribution in [1.29, 1.82) is 0 Å². The molecule has 0 aromatic rings. The molecule has 1 fully saturated rings. The summed E-state index contributed by atoms with van der Waals surface area (Å²) in [7, 11) is 0. The summed E-state index contributed by atoms with van der Waals surface area (Å²) < 4.78 is 39.5. The minimum Gasteiger partial charge on any atom is -0.362 e. The Hall–Kier alpha value is -0.820. The van der Waals surface area contributed by atoms with Gasteiger partial charge < -0.3 is 15.4 Å². The second-order valence-electron chi connectivity index (χ2n) is 4.46. The molecule has 1 aliphatic heterocycles. The number of carbonyl (C=O) groups is 1. The SMILES string of the molecule is O=C(COCC(F)(F)F)NCCC1CCCNC1. The Morgan fingerprint density at radius 1 is 1.44 bits per heavy atom. The van der Waals surface area contributed by atoms with E-state index in [1.54, 1.807) is 0 Å². The van der Waals surface area contributed by atoms with Crippen molar-refractivity contribution < 1.29 is 22.7 Å². The monoisotopic (exact) mass is 268 g/mol. The third kappa shape index (κ3) is 7.50. The maximum absolute atomic E-state index is 11.7. The number of hydrogen-bond acceptors (Lipinski definition) is 3. The van der Waals surface area contributed by atoms with Crippen molar-refractivity contribution in [1.82, 2.24) is 10.6 Å². The maximum Gasteiger partial charge on any atom is 0.411 e. The highest BCUT2D eigenvalue weighted by Gasteiger charge is 2.27. The van der Waals surface area contributed by atoms with Gasteiger partial charge in [0.05, 0.1) is 0 Å². The largest absolute Gasteiger partial charge is 0.411 e. The molecule has 0 aromatic heterocycles. The van der Waals surface area contributed by atoms with Crippen LogP contribution >= 0.6 is 0 Å². The van der Waals surface area contributed by atoms with Gasteiger partial charge in [-0.05, 0) is 38.3 Å². The molecule has 1 heterocycles. The Balaban J connectivity index is 1.99. The normalized spacial score (nSPS) is 20.7. The van der Waals surface area contributed by atoms with E-state index in [-0.39, 0.29) is 0 Å². The van der Waals surface area contributed by atoms with Gasteiger partial charge in [-0.25, -0.2) is 0 Å². The van der Waals surface area contributed by atoms with Crippen LogP contribution in [0.3, 0.4) is 0 Å². The topological polar surface area (TPSA) is 50.4 Å². The summed E-state index contributed by atoms with van der Waals surface area (Å²) >= 11 is 0.